The summed E-state index contributed by atoms with van der Waals surface area (Å²) in [6.45, 7) is 3.75. The molecular formula is C33H33BrFN5O4. The van der Waals surface area contributed by atoms with Crippen molar-refractivity contribution in [2.75, 3.05) is 20.7 Å². The quantitative estimate of drug-likeness (QED) is 0.198. The Bertz CT molecular complexity index is 1680. The second kappa shape index (κ2) is 13.0. The fourth-order valence-corrected chi connectivity index (χ4v) is 5.60. The topological polar surface area (TPSA) is 108 Å². The van der Waals surface area contributed by atoms with Gasteiger partial charge in [0, 0.05) is 35.7 Å². The average Bonchev–Trinajstić information content (AvgIpc) is 3.57. The van der Waals surface area contributed by atoms with Crippen LogP contribution < -0.4 is 10.1 Å². The van der Waals surface area contributed by atoms with Gasteiger partial charge in [0.2, 0.25) is 0 Å². The lowest BCUT2D eigenvalue weighted by atomic mass is 9.91. The molecule has 2 N–H and O–H groups in total. The van der Waals surface area contributed by atoms with E-state index < -0.39 is 29.8 Å². The number of likely N-dealkylation sites (N-methyl/N-ethyl adjacent to an activating group) is 1. The number of H-pyrrole nitrogens is 1. The number of hydrogen-bond acceptors (Lipinski definition) is 5. The van der Waals surface area contributed by atoms with E-state index in [0.717, 1.165) is 5.56 Å². The van der Waals surface area contributed by atoms with Crippen LogP contribution in [0.4, 0.5) is 9.18 Å². The van der Waals surface area contributed by atoms with Gasteiger partial charge in [-0.25, -0.2) is 14.2 Å². The highest BCUT2D eigenvalue weighted by atomic mass is 79.9. The molecule has 0 spiro atoms. The monoisotopic (exact) mass is 661 g/mol. The van der Waals surface area contributed by atoms with Gasteiger partial charge >= 0.3 is 6.03 Å². The summed E-state index contributed by atoms with van der Waals surface area (Å²) in [5, 5.41) is 2.82. The number of ether oxygens (including phenoxy) is 1. The van der Waals surface area contributed by atoms with Crippen molar-refractivity contribution >= 4 is 33.8 Å². The molecule has 1 aliphatic rings. The Morgan fingerprint density at radius 3 is 2.43 bits per heavy atom. The first-order valence-corrected chi connectivity index (χ1v) is 15.0. The van der Waals surface area contributed by atoms with E-state index in [4.69, 9.17) is 9.72 Å². The smallest absolute Gasteiger partial charge is 0.325 e. The van der Waals surface area contributed by atoms with Gasteiger partial charge in [-0.2, -0.15) is 0 Å². The first kappa shape index (κ1) is 30.9. The number of nitrogens with one attached hydrogen (secondary N) is 2. The molecule has 1 aliphatic heterocycles. The summed E-state index contributed by atoms with van der Waals surface area (Å²) in [6, 6.07) is 18.7. The molecule has 9 nitrogen and oxygen atoms in total. The van der Waals surface area contributed by atoms with Crippen LogP contribution >= 0.6 is 15.9 Å². The number of benzene rings is 3. The van der Waals surface area contributed by atoms with Crippen molar-refractivity contribution in [1.82, 2.24) is 25.1 Å². The van der Waals surface area contributed by atoms with E-state index in [1.807, 2.05) is 44.2 Å². The lowest BCUT2D eigenvalue weighted by Crippen LogP contribution is -2.38. The van der Waals surface area contributed by atoms with Crippen molar-refractivity contribution < 1.29 is 23.5 Å². The number of carbonyl (C=O) groups excluding carboxylic acids is 3. The molecule has 4 aromatic rings. The molecule has 0 radical (unpaired) electrons. The minimum absolute atomic E-state index is 0.118. The summed E-state index contributed by atoms with van der Waals surface area (Å²) in [6.07, 6.45) is 0.529. The van der Waals surface area contributed by atoms with Gasteiger partial charge in [0.1, 0.15) is 29.5 Å². The maximum Gasteiger partial charge on any atom is 0.325 e. The van der Waals surface area contributed by atoms with Crippen molar-refractivity contribution in [3.05, 3.63) is 106 Å². The maximum atomic E-state index is 15.1. The van der Waals surface area contributed by atoms with Gasteiger partial charge in [-0.05, 0) is 47.9 Å². The zero-order chi connectivity index (χ0) is 31.5. The largest absolute Gasteiger partial charge is 0.484 e. The molecule has 3 atom stereocenters. The van der Waals surface area contributed by atoms with Gasteiger partial charge in [-0.15, -0.1) is 0 Å². The van der Waals surface area contributed by atoms with Crippen LogP contribution in [0.15, 0.2) is 77.3 Å². The average molecular weight is 663 g/mol. The summed E-state index contributed by atoms with van der Waals surface area (Å²) in [7, 11) is 3.29. The molecule has 2 heterocycles. The van der Waals surface area contributed by atoms with E-state index in [1.165, 1.54) is 15.9 Å². The van der Waals surface area contributed by atoms with Gasteiger partial charge in [-0.1, -0.05) is 72.2 Å². The Hall–Kier alpha value is -4.51. The van der Waals surface area contributed by atoms with Gasteiger partial charge < -0.3 is 19.9 Å². The third-order valence-corrected chi connectivity index (χ3v) is 8.23. The molecule has 0 unspecified atom stereocenters. The summed E-state index contributed by atoms with van der Waals surface area (Å²) >= 11 is 3.30. The highest BCUT2D eigenvalue weighted by molar-refractivity contribution is 9.10. The zero-order valence-electron chi connectivity index (χ0n) is 24.8. The molecule has 4 amide bonds. The third-order valence-electron chi connectivity index (χ3n) is 7.74. The lowest BCUT2D eigenvalue weighted by Gasteiger charge is -2.29. The number of imide groups is 1. The standard InChI is InChI=1S/C33H33BrFN5O4/c1-5-26-29(24-16-13-22(34)17-25(24)35)37-31(36-26)30(19(2)20-9-7-6-8-10-20)40-32(42)28(38-33(40)43)21-11-14-23(15-12-21)44-18-27(41)39(3)4/h6-17,19,28,30H,5,18H2,1-4H3,(H,36,37)(H,38,43)/t19-,28+,30-/m0/s1. The van der Waals surface area contributed by atoms with E-state index in [0.29, 0.717) is 45.0 Å². The number of hydrogen-bond donors (Lipinski definition) is 2. The SMILES string of the molecule is CCc1[nH]c([C@H]([C@@H](C)c2ccccc2)N2C(=O)N[C@H](c3ccc(OCC(=O)N(C)C)cc3)C2=O)nc1-c1ccc(Br)cc1F. The molecule has 44 heavy (non-hydrogen) atoms. The normalized spacial score (nSPS) is 16.0. The van der Waals surface area contributed by atoms with E-state index in [1.54, 1.807) is 50.5 Å². The number of aryl methyl sites for hydroxylation is 1. The van der Waals surface area contributed by atoms with Gasteiger partial charge in [0.25, 0.3) is 11.8 Å². The maximum absolute atomic E-state index is 15.1. The molecule has 5 rings (SSSR count). The van der Waals surface area contributed by atoms with Crippen molar-refractivity contribution in [3.8, 4) is 17.0 Å². The number of rotatable bonds is 10. The molecular weight excluding hydrogens is 629 g/mol. The van der Waals surface area contributed by atoms with Crippen LogP contribution in [0.1, 0.15) is 54.5 Å². The second-order valence-corrected chi connectivity index (χ2v) is 11.7. The zero-order valence-corrected chi connectivity index (χ0v) is 26.4. The van der Waals surface area contributed by atoms with E-state index >= 15 is 4.39 Å². The van der Waals surface area contributed by atoms with Crippen LogP contribution in [-0.4, -0.2) is 58.3 Å². The summed E-state index contributed by atoms with van der Waals surface area (Å²) in [5.41, 5.74) is 2.92. The molecule has 1 aromatic heterocycles. The molecule has 228 valence electrons. The summed E-state index contributed by atoms with van der Waals surface area (Å²) in [5.74, 6) is -0.569. The van der Waals surface area contributed by atoms with Crippen LogP contribution in [0.3, 0.4) is 0 Å². The number of nitrogens with zero attached hydrogens (tertiary/aromatic N) is 3. The number of urea groups is 1. The number of amides is 4. The Kier molecular flexibility index (Phi) is 9.14. The highest BCUT2D eigenvalue weighted by Gasteiger charge is 2.46. The van der Waals surface area contributed by atoms with E-state index in [2.05, 4.69) is 26.2 Å². The van der Waals surface area contributed by atoms with Crippen molar-refractivity contribution in [2.24, 2.45) is 0 Å². The molecule has 11 heteroatoms. The van der Waals surface area contributed by atoms with E-state index in [9.17, 15) is 14.4 Å². The van der Waals surface area contributed by atoms with Crippen LogP contribution in [0.25, 0.3) is 11.3 Å². The Balaban J connectivity index is 1.50. The van der Waals surface area contributed by atoms with Crippen LogP contribution in [0.2, 0.25) is 0 Å². The Morgan fingerprint density at radius 1 is 1.09 bits per heavy atom. The molecule has 0 aliphatic carbocycles. The minimum atomic E-state index is -0.936. The predicted molar refractivity (Wildman–Crippen MR) is 167 cm³/mol. The molecule has 3 aromatic carbocycles. The lowest BCUT2D eigenvalue weighted by molar-refractivity contribution is -0.131. The first-order chi connectivity index (χ1) is 21.1. The third kappa shape index (κ3) is 6.23. The molecule has 0 bridgehead atoms. The van der Waals surface area contributed by atoms with Gasteiger partial charge in [-0.3, -0.25) is 14.5 Å². The van der Waals surface area contributed by atoms with Crippen LogP contribution in [0, 0.1) is 5.82 Å². The molecule has 1 saturated heterocycles. The predicted octanol–water partition coefficient (Wildman–Crippen LogP) is 6.15. The molecule has 1 fully saturated rings. The van der Waals surface area contributed by atoms with Gasteiger partial charge in [0.15, 0.2) is 6.61 Å². The number of aromatic amines is 1. The van der Waals surface area contributed by atoms with Crippen molar-refractivity contribution in [2.45, 2.75) is 38.3 Å². The fourth-order valence-electron chi connectivity index (χ4n) is 5.27. The van der Waals surface area contributed by atoms with Crippen molar-refractivity contribution in [1.29, 1.82) is 0 Å². The minimum Gasteiger partial charge on any atom is -0.484 e. The van der Waals surface area contributed by atoms with Crippen molar-refractivity contribution in [3.63, 3.8) is 0 Å². The fraction of sp³-hybridized carbons (Fsp3) is 0.273. The number of aromatic nitrogens is 2. The highest BCUT2D eigenvalue weighted by Crippen LogP contribution is 2.40. The molecule has 0 saturated carbocycles. The van der Waals surface area contributed by atoms with E-state index in [-0.39, 0.29) is 18.4 Å². The van der Waals surface area contributed by atoms with Crippen LogP contribution in [-0.2, 0) is 16.0 Å². The number of imidazole rings is 1. The Morgan fingerprint density at radius 2 is 1.80 bits per heavy atom. The summed E-state index contributed by atoms with van der Waals surface area (Å²) in [4.78, 5) is 50.3. The summed E-state index contributed by atoms with van der Waals surface area (Å²) < 4.78 is 21.2. The number of carbonyl (C=O) groups is 3. The first-order valence-electron chi connectivity index (χ1n) is 14.2. The van der Waals surface area contributed by atoms with Gasteiger partial charge in [0.05, 0.1) is 5.69 Å². The number of halogens is 2. The van der Waals surface area contributed by atoms with Crippen LogP contribution in [0.5, 0.6) is 5.75 Å². The Labute approximate surface area is 263 Å². The second-order valence-electron chi connectivity index (χ2n) is 10.8.